The Morgan fingerprint density at radius 2 is 1.58 bits per heavy atom. The number of nitrogens with zero attached hydrogens (tertiary/aromatic N) is 4. The van der Waals surface area contributed by atoms with Crippen LogP contribution in [0.1, 0.15) is 22.8 Å². The molecule has 4 rings (SSSR count). The molecule has 0 radical (unpaired) electrons. The van der Waals surface area contributed by atoms with Gasteiger partial charge in [-0.1, -0.05) is 42.5 Å². The topological polar surface area (TPSA) is 67.7 Å². The number of carbonyl (C=O) groups is 2. The fourth-order valence-corrected chi connectivity index (χ4v) is 3.76. The van der Waals surface area contributed by atoms with Crippen molar-refractivity contribution in [3.8, 4) is 16.9 Å². The van der Waals surface area contributed by atoms with Crippen LogP contribution in [0.2, 0.25) is 0 Å². The number of amides is 2. The zero-order valence-corrected chi connectivity index (χ0v) is 17.8. The van der Waals surface area contributed by atoms with Crippen LogP contribution in [0.4, 0.5) is 4.79 Å². The van der Waals surface area contributed by atoms with E-state index in [0.717, 1.165) is 16.8 Å². The Labute approximate surface area is 181 Å². The number of para-hydroxylation sites is 1. The number of aromatic nitrogens is 2. The lowest BCUT2D eigenvalue weighted by molar-refractivity contribution is 0.0571. The normalized spacial score (nSPS) is 13.9. The Kier molecular flexibility index (Phi) is 6.02. The molecule has 3 aromatic rings. The number of ether oxygens (including phenoxy) is 1. The van der Waals surface area contributed by atoms with E-state index in [0.29, 0.717) is 44.0 Å². The van der Waals surface area contributed by atoms with Gasteiger partial charge >= 0.3 is 6.09 Å². The van der Waals surface area contributed by atoms with E-state index in [4.69, 9.17) is 9.84 Å². The molecule has 2 heterocycles. The zero-order valence-electron chi connectivity index (χ0n) is 17.8. The van der Waals surface area contributed by atoms with Crippen LogP contribution in [0.15, 0.2) is 60.8 Å². The van der Waals surface area contributed by atoms with Gasteiger partial charge in [0.25, 0.3) is 5.91 Å². The Morgan fingerprint density at radius 3 is 2.26 bits per heavy atom. The summed E-state index contributed by atoms with van der Waals surface area (Å²) in [6.45, 7) is 5.98. The highest BCUT2D eigenvalue weighted by Crippen LogP contribution is 2.28. The lowest BCUT2D eigenvalue weighted by Gasteiger charge is -2.34. The van der Waals surface area contributed by atoms with Crippen molar-refractivity contribution in [2.24, 2.45) is 0 Å². The number of piperazine rings is 1. The fraction of sp³-hybridized carbons (Fsp3) is 0.292. The monoisotopic (exact) mass is 418 g/mol. The molecule has 7 heteroatoms. The Morgan fingerprint density at radius 1 is 0.935 bits per heavy atom. The van der Waals surface area contributed by atoms with Crippen molar-refractivity contribution >= 4 is 12.0 Å². The minimum Gasteiger partial charge on any atom is -0.450 e. The van der Waals surface area contributed by atoms with Crippen LogP contribution in [-0.2, 0) is 4.74 Å². The number of hydrogen-bond acceptors (Lipinski definition) is 4. The summed E-state index contributed by atoms with van der Waals surface area (Å²) in [6.07, 6.45) is 1.48. The Bertz CT molecular complexity index is 1070. The first-order valence-corrected chi connectivity index (χ1v) is 10.5. The van der Waals surface area contributed by atoms with Gasteiger partial charge in [-0.25, -0.2) is 9.48 Å². The molecule has 1 saturated heterocycles. The van der Waals surface area contributed by atoms with Gasteiger partial charge < -0.3 is 14.5 Å². The van der Waals surface area contributed by atoms with Crippen LogP contribution < -0.4 is 0 Å². The molecule has 0 aliphatic carbocycles. The number of carbonyl (C=O) groups excluding carboxylic acids is 2. The minimum absolute atomic E-state index is 0.0797. The highest BCUT2D eigenvalue weighted by Gasteiger charge is 2.29. The molecule has 1 aliphatic rings. The molecular weight excluding hydrogens is 392 g/mol. The summed E-state index contributed by atoms with van der Waals surface area (Å²) in [5, 5.41) is 4.78. The molecule has 0 bridgehead atoms. The highest BCUT2D eigenvalue weighted by atomic mass is 16.6. The second-order valence-electron chi connectivity index (χ2n) is 7.46. The first-order valence-electron chi connectivity index (χ1n) is 10.5. The summed E-state index contributed by atoms with van der Waals surface area (Å²) in [5.41, 5.74) is 4.11. The SMILES string of the molecule is CCOC(=O)N1CCN(C(=O)c2cn(-c3ccccc3)nc2-c2ccccc2C)CC1. The summed E-state index contributed by atoms with van der Waals surface area (Å²) in [6, 6.07) is 17.7. The molecular formula is C24H26N4O3. The van der Waals surface area contributed by atoms with E-state index in [1.807, 2.05) is 61.5 Å². The Hall–Kier alpha value is -3.61. The minimum atomic E-state index is -0.327. The number of hydrogen-bond donors (Lipinski definition) is 0. The fourth-order valence-electron chi connectivity index (χ4n) is 3.76. The molecule has 160 valence electrons. The lowest BCUT2D eigenvalue weighted by Crippen LogP contribution is -2.50. The third kappa shape index (κ3) is 4.30. The quantitative estimate of drug-likeness (QED) is 0.647. The molecule has 1 aromatic heterocycles. The molecule has 1 fully saturated rings. The van der Waals surface area contributed by atoms with Crippen molar-refractivity contribution in [3.63, 3.8) is 0 Å². The van der Waals surface area contributed by atoms with Gasteiger partial charge in [-0.2, -0.15) is 5.10 Å². The molecule has 0 spiro atoms. The number of aryl methyl sites for hydroxylation is 1. The predicted molar refractivity (Wildman–Crippen MR) is 118 cm³/mol. The van der Waals surface area contributed by atoms with E-state index in [1.165, 1.54) is 0 Å². The Balaban J connectivity index is 1.64. The molecule has 31 heavy (non-hydrogen) atoms. The molecule has 0 saturated carbocycles. The molecule has 2 aromatic carbocycles. The van der Waals surface area contributed by atoms with Crippen LogP contribution in [-0.4, -0.2) is 64.4 Å². The maximum absolute atomic E-state index is 13.5. The summed E-state index contributed by atoms with van der Waals surface area (Å²) in [5.74, 6) is -0.0797. The van der Waals surface area contributed by atoms with Crippen molar-refractivity contribution in [2.45, 2.75) is 13.8 Å². The molecule has 0 unspecified atom stereocenters. The number of rotatable bonds is 4. The van der Waals surface area contributed by atoms with Crippen LogP contribution >= 0.6 is 0 Å². The summed E-state index contributed by atoms with van der Waals surface area (Å²) in [4.78, 5) is 28.9. The van der Waals surface area contributed by atoms with Crippen molar-refractivity contribution < 1.29 is 14.3 Å². The van der Waals surface area contributed by atoms with Gasteiger partial charge in [0, 0.05) is 37.9 Å². The maximum atomic E-state index is 13.5. The van der Waals surface area contributed by atoms with Gasteiger partial charge in [-0.15, -0.1) is 0 Å². The van der Waals surface area contributed by atoms with E-state index in [1.54, 1.807) is 27.6 Å². The van der Waals surface area contributed by atoms with Crippen molar-refractivity contribution in [2.75, 3.05) is 32.8 Å². The van der Waals surface area contributed by atoms with Gasteiger partial charge in [0.05, 0.1) is 17.9 Å². The van der Waals surface area contributed by atoms with Crippen molar-refractivity contribution in [3.05, 3.63) is 71.9 Å². The van der Waals surface area contributed by atoms with E-state index >= 15 is 0 Å². The smallest absolute Gasteiger partial charge is 0.409 e. The van der Waals surface area contributed by atoms with E-state index < -0.39 is 0 Å². The molecule has 0 N–H and O–H groups in total. The van der Waals surface area contributed by atoms with E-state index in [-0.39, 0.29) is 12.0 Å². The average molecular weight is 418 g/mol. The van der Waals surface area contributed by atoms with Crippen LogP contribution in [0, 0.1) is 6.92 Å². The second kappa shape index (κ2) is 9.04. The first-order chi connectivity index (χ1) is 15.1. The van der Waals surface area contributed by atoms with Gasteiger partial charge in [-0.3, -0.25) is 4.79 Å². The lowest BCUT2D eigenvalue weighted by atomic mass is 10.0. The average Bonchev–Trinajstić information content (AvgIpc) is 3.25. The van der Waals surface area contributed by atoms with Crippen molar-refractivity contribution in [1.29, 1.82) is 0 Å². The third-order valence-corrected chi connectivity index (χ3v) is 5.46. The van der Waals surface area contributed by atoms with Crippen LogP contribution in [0.5, 0.6) is 0 Å². The van der Waals surface area contributed by atoms with Crippen LogP contribution in [0.3, 0.4) is 0 Å². The standard InChI is InChI=1S/C24H26N4O3/c1-3-31-24(30)27-15-13-26(14-16-27)23(29)21-17-28(19-10-5-4-6-11-19)25-22(21)20-12-8-7-9-18(20)2/h4-12,17H,3,13-16H2,1-2H3. The highest BCUT2D eigenvalue weighted by molar-refractivity contribution is 6.00. The third-order valence-electron chi connectivity index (χ3n) is 5.46. The van der Waals surface area contributed by atoms with Crippen molar-refractivity contribution in [1.82, 2.24) is 19.6 Å². The summed E-state index contributed by atoms with van der Waals surface area (Å²) in [7, 11) is 0. The van der Waals surface area contributed by atoms with E-state index in [9.17, 15) is 9.59 Å². The van der Waals surface area contributed by atoms with Gasteiger partial charge in [-0.05, 0) is 31.5 Å². The van der Waals surface area contributed by atoms with Crippen LogP contribution in [0.25, 0.3) is 16.9 Å². The zero-order chi connectivity index (χ0) is 21.8. The van der Waals surface area contributed by atoms with Gasteiger partial charge in [0.1, 0.15) is 5.69 Å². The number of benzene rings is 2. The maximum Gasteiger partial charge on any atom is 0.409 e. The molecule has 2 amide bonds. The summed E-state index contributed by atoms with van der Waals surface area (Å²) >= 11 is 0. The van der Waals surface area contributed by atoms with Gasteiger partial charge in [0.2, 0.25) is 0 Å². The van der Waals surface area contributed by atoms with Gasteiger partial charge in [0.15, 0.2) is 0 Å². The van der Waals surface area contributed by atoms with E-state index in [2.05, 4.69) is 0 Å². The predicted octanol–water partition coefficient (Wildman–Crippen LogP) is 3.76. The summed E-state index contributed by atoms with van der Waals surface area (Å²) < 4.78 is 6.83. The largest absolute Gasteiger partial charge is 0.450 e. The molecule has 1 aliphatic heterocycles. The molecule has 7 nitrogen and oxygen atoms in total. The second-order valence-corrected chi connectivity index (χ2v) is 7.46. The molecule has 0 atom stereocenters. The first kappa shape index (κ1) is 20.7.